The van der Waals surface area contributed by atoms with Gasteiger partial charge in [0.15, 0.2) is 11.7 Å². The van der Waals surface area contributed by atoms with Gasteiger partial charge in [-0.2, -0.15) is 14.0 Å². The molecule has 25 heavy (non-hydrogen) atoms. The molecule has 0 spiro atoms. The molecule has 3 rings (SSSR count). The molecule has 8 heteroatoms. The largest absolute Gasteiger partial charge is 0.361 e. The van der Waals surface area contributed by atoms with Gasteiger partial charge in [0.25, 0.3) is 0 Å². The Kier molecular flexibility index (Phi) is 4.31. The third-order valence-electron chi connectivity index (χ3n) is 4.06. The Labute approximate surface area is 141 Å². The Balaban J connectivity index is 2.04. The molecule has 1 atom stereocenters. The van der Waals surface area contributed by atoms with Gasteiger partial charge in [-0.05, 0) is 26.0 Å². The number of halogens is 2. The zero-order valence-electron chi connectivity index (χ0n) is 13.5. The highest BCUT2D eigenvalue weighted by atomic mass is 19.3. The second kappa shape index (κ2) is 6.43. The zero-order chi connectivity index (χ0) is 18.1. The van der Waals surface area contributed by atoms with Gasteiger partial charge in [-0.25, -0.2) is 4.98 Å². The molecule has 0 saturated heterocycles. The molecule has 0 unspecified atom stereocenters. The molecule has 128 valence electrons. The maximum atomic E-state index is 13.5. The van der Waals surface area contributed by atoms with Crippen molar-refractivity contribution >= 4 is 16.8 Å². The number of hydrogen-bond acceptors (Lipinski definition) is 5. The van der Waals surface area contributed by atoms with Crippen LogP contribution in [0, 0.1) is 25.2 Å². The van der Waals surface area contributed by atoms with Gasteiger partial charge in [0.05, 0.1) is 22.8 Å². The second-order valence-electron chi connectivity index (χ2n) is 5.61. The number of Topliss-reactive ketones (excluding diaryl/α,β-unsaturated/α-hetero) is 1. The summed E-state index contributed by atoms with van der Waals surface area (Å²) < 4.78 is 32.7. The molecule has 0 N–H and O–H groups in total. The van der Waals surface area contributed by atoms with Crippen LogP contribution in [0.5, 0.6) is 0 Å². The zero-order valence-corrected chi connectivity index (χ0v) is 13.5. The van der Waals surface area contributed by atoms with Crippen molar-refractivity contribution in [3.63, 3.8) is 0 Å². The second-order valence-corrected chi connectivity index (χ2v) is 5.61. The number of aryl methyl sites for hydroxylation is 2. The van der Waals surface area contributed by atoms with E-state index < -0.39 is 18.3 Å². The number of rotatable bonds is 5. The molecular formula is C17H14F2N4O2. The molecule has 0 amide bonds. The summed E-state index contributed by atoms with van der Waals surface area (Å²) in [5, 5.41) is 13.2. The summed E-state index contributed by atoms with van der Waals surface area (Å²) in [7, 11) is 0. The summed E-state index contributed by atoms with van der Waals surface area (Å²) in [4.78, 5) is 16.7. The molecule has 6 nitrogen and oxygen atoms in total. The number of ketones is 1. The molecule has 0 radical (unpaired) electrons. The summed E-state index contributed by atoms with van der Waals surface area (Å²) in [5.41, 5.74) is 1.58. The number of benzene rings is 1. The molecule has 2 heterocycles. The number of hydrogen-bond donors (Lipinski definition) is 0. The molecule has 0 aliphatic rings. The van der Waals surface area contributed by atoms with Crippen molar-refractivity contribution in [2.75, 3.05) is 0 Å². The first-order valence-electron chi connectivity index (χ1n) is 7.53. The van der Waals surface area contributed by atoms with Crippen molar-refractivity contribution in [3.05, 3.63) is 47.1 Å². The summed E-state index contributed by atoms with van der Waals surface area (Å²) in [6, 6.07) is 8.10. The van der Waals surface area contributed by atoms with Gasteiger partial charge < -0.3 is 4.52 Å². The van der Waals surface area contributed by atoms with E-state index in [4.69, 9.17) is 4.52 Å². The van der Waals surface area contributed by atoms with Crippen molar-refractivity contribution in [1.82, 2.24) is 14.7 Å². The summed E-state index contributed by atoms with van der Waals surface area (Å²) >= 11 is 0. The van der Waals surface area contributed by atoms with E-state index in [0.717, 1.165) is 0 Å². The molecule has 1 aromatic carbocycles. The fraction of sp³-hybridized carbons (Fsp3) is 0.294. The average Bonchev–Trinajstić information content (AvgIpc) is 3.10. The molecule has 3 aromatic rings. The molecule has 0 fully saturated rings. The fourth-order valence-corrected chi connectivity index (χ4v) is 2.78. The lowest BCUT2D eigenvalue weighted by atomic mass is 9.97. The van der Waals surface area contributed by atoms with Crippen molar-refractivity contribution in [3.8, 4) is 6.07 Å². The Morgan fingerprint density at radius 2 is 2.08 bits per heavy atom. The number of nitrogens with zero attached hydrogens (tertiary/aromatic N) is 4. The van der Waals surface area contributed by atoms with Crippen LogP contribution in [0.4, 0.5) is 8.78 Å². The first kappa shape index (κ1) is 16.8. The van der Waals surface area contributed by atoms with Gasteiger partial charge in [0.1, 0.15) is 11.6 Å². The van der Waals surface area contributed by atoms with Crippen molar-refractivity contribution in [1.29, 1.82) is 5.26 Å². The van der Waals surface area contributed by atoms with Crippen LogP contribution < -0.4 is 0 Å². The predicted molar refractivity (Wildman–Crippen MR) is 84.0 cm³/mol. The average molecular weight is 344 g/mol. The minimum Gasteiger partial charge on any atom is -0.361 e. The van der Waals surface area contributed by atoms with E-state index in [1.54, 1.807) is 32.0 Å². The van der Waals surface area contributed by atoms with Gasteiger partial charge >= 0.3 is 6.55 Å². The highest BCUT2D eigenvalue weighted by molar-refractivity contribution is 5.90. The van der Waals surface area contributed by atoms with E-state index >= 15 is 0 Å². The predicted octanol–water partition coefficient (Wildman–Crippen LogP) is 3.46. The maximum Gasteiger partial charge on any atom is 0.320 e. The van der Waals surface area contributed by atoms with E-state index in [-0.39, 0.29) is 17.8 Å². The topological polar surface area (TPSA) is 84.7 Å². The number of alkyl halides is 2. The van der Waals surface area contributed by atoms with Crippen LogP contribution in [-0.2, 0) is 11.2 Å². The number of fused-ring (bicyclic) bond motifs is 1. The van der Waals surface area contributed by atoms with E-state index in [1.165, 1.54) is 6.07 Å². The SMILES string of the molecule is Cc1noc(C)c1CC(=O)[C@H](C#N)c1nc2ccccc2n1C(F)F. The number of nitriles is 1. The molecular weight excluding hydrogens is 330 g/mol. The minimum absolute atomic E-state index is 0.133. The third-order valence-corrected chi connectivity index (χ3v) is 4.06. The van der Waals surface area contributed by atoms with Gasteiger partial charge in [-0.1, -0.05) is 17.3 Å². The molecule has 0 aliphatic carbocycles. The lowest BCUT2D eigenvalue weighted by molar-refractivity contribution is -0.119. The molecule has 2 aromatic heterocycles. The van der Waals surface area contributed by atoms with Crippen LogP contribution in [0.25, 0.3) is 11.0 Å². The highest BCUT2D eigenvalue weighted by Gasteiger charge is 2.30. The van der Waals surface area contributed by atoms with Crippen LogP contribution in [0.3, 0.4) is 0 Å². The summed E-state index contributed by atoms with van der Waals surface area (Å²) in [6.07, 6.45) is -0.133. The summed E-state index contributed by atoms with van der Waals surface area (Å²) in [5.74, 6) is -1.73. The van der Waals surface area contributed by atoms with E-state index in [9.17, 15) is 18.8 Å². The summed E-state index contributed by atoms with van der Waals surface area (Å²) in [6.45, 7) is 0.415. The lowest BCUT2D eigenvalue weighted by Gasteiger charge is -2.11. The maximum absolute atomic E-state index is 13.5. The van der Waals surface area contributed by atoms with Gasteiger partial charge in [0, 0.05) is 12.0 Å². The van der Waals surface area contributed by atoms with E-state index in [2.05, 4.69) is 10.1 Å². The smallest absolute Gasteiger partial charge is 0.320 e. The Morgan fingerprint density at radius 3 is 2.68 bits per heavy atom. The monoisotopic (exact) mass is 344 g/mol. The number of carbonyl (C=O) groups excluding carboxylic acids is 1. The normalized spacial score (nSPS) is 12.5. The van der Waals surface area contributed by atoms with Gasteiger partial charge in [0.2, 0.25) is 0 Å². The Morgan fingerprint density at radius 1 is 1.36 bits per heavy atom. The Hall–Kier alpha value is -3.08. The van der Waals surface area contributed by atoms with Crippen LogP contribution in [0.15, 0.2) is 28.8 Å². The first-order chi connectivity index (χ1) is 11.9. The van der Waals surface area contributed by atoms with E-state index in [0.29, 0.717) is 27.1 Å². The van der Waals surface area contributed by atoms with Crippen molar-refractivity contribution < 1.29 is 18.1 Å². The van der Waals surface area contributed by atoms with Crippen LogP contribution >= 0.6 is 0 Å². The number of imidazole rings is 1. The minimum atomic E-state index is -2.91. The third kappa shape index (κ3) is 2.89. The molecule has 0 saturated carbocycles. The molecule has 0 aliphatic heterocycles. The van der Waals surface area contributed by atoms with Crippen molar-refractivity contribution in [2.24, 2.45) is 0 Å². The lowest BCUT2D eigenvalue weighted by Crippen LogP contribution is -2.19. The number of aromatic nitrogens is 3. The van der Waals surface area contributed by atoms with Crippen LogP contribution in [0.1, 0.15) is 35.3 Å². The van der Waals surface area contributed by atoms with E-state index in [1.807, 2.05) is 6.07 Å². The van der Waals surface area contributed by atoms with Crippen molar-refractivity contribution in [2.45, 2.75) is 32.7 Å². The number of carbonyl (C=O) groups is 1. The standard InChI is InChI=1S/C17H14F2N4O2/c1-9-11(10(2)25-22-9)7-15(24)12(8-20)16-21-13-5-3-4-6-14(13)23(16)17(18)19/h3-6,12,17H,7H2,1-2H3/t12-/m0/s1. The quantitative estimate of drug-likeness (QED) is 0.708. The first-order valence-corrected chi connectivity index (χ1v) is 7.53. The van der Waals surface area contributed by atoms with Crippen LogP contribution in [0.2, 0.25) is 0 Å². The van der Waals surface area contributed by atoms with Gasteiger partial charge in [-0.3, -0.25) is 9.36 Å². The fourth-order valence-electron chi connectivity index (χ4n) is 2.78. The Bertz CT molecular complexity index is 965. The number of para-hydroxylation sites is 2. The van der Waals surface area contributed by atoms with Crippen LogP contribution in [-0.4, -0.2) is 20.5 Å². The van der Waals surface area contributed by atoms with Gasteiger partial charge in [-0.15, -0.1) is 0 Å². The highest BCUT2D eigenvalue weighted by Crippen LogP contribution is 2.29. The molecule has 0 bridgehead atoms.